The molecule has 0 bridgehead atoms. The van der Waals surface area contributed by atoms with Crippen molar-refractivity contribution in [1.29, 1.82) is 0 Å². The summed E-state index contributed by atoms with van der Waals surface area (Å²) in [4.78, 5) is 0. The molecule has 0 heterocycles. The van der Waals surface area contributed by atoms with E-state index in [4.69, 9.17) is 5.11 Å². The highest BCUT2D eigenvalue weighted by Gasteiger charge is 2.30. The molecule has 0 aromatic heterocycles. The van der Waals surface area contributed by atoms with Gasteiger partial charge in [-0.1, -0.05) is 20.3 Å². The largest absolute Gasteiger partial charge is 0.396 e. The number of aliphatic hydroxyl groups is 2. The van der Waals surface area contributed by atoms with E-state index in [1.165, 1.54) is 6.42 Å². The summed E-state index contributed by atoms with van der Waals surface area (Å²) in [6.07, 6.45) is 3.00. The number of aliphatic hydroxyl groups excluding tert-OH is 2. The second-order valence-corrected chi connectivity index (χ2v) is 4.31. The third-order valence-corrected chi connectivity index (χ3v) is 3.15. The fraction of sp³-hybridized carbons (Fsp3) is 1.00. The Morgan fingerprint density at radius 2 is 2.08 bits per heavy atom. The van der Waals surface area contributed by atoms with Gasteiger partial charge in [-0.3, -0.25) is 0 Å². The van der Waals surface area contributed by atoms with Crippen LogP contribution in [0.1, 0.15) is 33.1 Å². The molecule has 1 aliphatic rings. The number of rotatable bonds is 2. The number of hydrogen-bond donors (Lipinski definition) is 2. The molecule has 2 N–H and O–H groups in total. The molecule has 0 aromatic rings. The fourth-order valence-electron chi connectivity index (χ4n) is 2.17. The Kier molecular flexibility index (Phi) is 3.53. The zero-order valence-electron chi connectivity index (χ0n) is 8.03. The highest BCUT2D eigenvalue weighted by molar-refractivity contribution is 4.80. The van der Waals surface area contributed by atoms with Gasteiger partial charge < -0.3 is 10.2 Å². The summed E-state index contributed by atoms with van der Waals surface area (Å²) in [5.41, 5.74) is 0. The van der Waals surface area contributed by atoms with Crippen LogP contribution in [0.5, 0.6) is 0 Å². The van der Waals surface area contributed by atoms with Crippen molar-refractivity contribution in [3.63, 3.8) is 0 Å². The van der Waals surface area contributed by atoms with Crippen LogP contribution in [0.3, 0.4) is 0 Å². The van der Waals surface area contributed by atoms with Crippen LogP contribution < -0.4 is 0 Å². The zero-order chi connectivity index (χ0) is 9.14. The van der Waals surface area contributed by atoms with Gasteiger partial charge >= 0.3 is 0 Å². The standard InChI is InChI=1S/C10H20O2/c1-7-3-4-9(8(2)6-11)10(12)5-7/h7-12H,3-6H2,1-2H3/t7-,8?,9+,10-/m0/s1. The molecule has 4 atom stereocenters. The van der Waals surface area contributed by atoms with Crippen molar-refractivity contribution in [3.05, 3.63) is 0 Å². The van der Waals surface area contributed by atoms with Crippen LogP contribution in [0.2, 0.25) is 0 Å². The van der Waals surface area contributed by atoms with Crippen molar-refractivity contribution in [2.24, 2.45) is 17.8 Å². The summed E-state index contributed by atoms with van der Waals surface area (Å²) >= 11 is 0. The Labute approximate surface area is 74.6 Å². The van der Waals surface area contributed by atoms with Gasteiger partial charge in [0.2, 0.25) is 0 Å². The monoisotopic (exact) mass is 172 g/mol. The summed E-state index contributed by atoms with van der Waals surface area (Å²) < 4.78 is 0. The molecule has 2 nitrogen and oxygen atoms in total. The highest BCUT2D eigenvalue weighted by atomic mass is 16.3. The van der Waals surface area contributed by atoms with Gasteiger partial charge in [-0.25, -0.2) is 0 Å². The molecule has 12 heavy (non-hydrogen) atoms. The maximum absolute atomic E-state index is 9.73. The Balaban J connectivity index is 2.44. The fourth-order valence-corrected chi connectivity index (χ4v) is 2.17. The van der Waals surface area contributed by atoms with Gasteiger partial charge in [0.25, 0.3) is 0 Å². The van der Waals surface area contributed by atoms with Crippen molar-refractivity contribution < 1.29 is 10.2 Å². The van der Waals surface area contributed by atoms with Crippen LogP contribution in [-0.2, 0) is 0 Å². The predicted octanol–water partition coefficient (Wildman–Crippen LogP) is 1.41. The summed E-state index contributed by atoms with van der Waals surface area (Å²) in [7, 11) is 0. The lowest BCUT2D eigenvalue weighted by atomic mass is 9.75. The van der Waals surface area contributed by atoms with Gasteiger partial charge in [0.1, 0.15) is 0 Å². The first kappa shape index (κ1) is 10.0. The summed E-state index contributed by atoms with van der Waals surface area (Å²) in [5, 5.41) is 18.7. The average molecular weight is 172 g/mol. The van der Waals surface area contributed by atoms with Crippen LogP contribution in [0.25, 0.3) is 0 Å². The SMILES string of the molecule is CC(CO)[C@H]1CC[C@H](C)C[C@@H]1O. The van der Waals surface area contributed by atoms with Crippen molar-refractivity contribution >= 4 is 0 Å². The van der Waals surface area contributed by atoms with Crippen LogP contribution >= 0.6 is 0 Å². The molecular weight excluding hydrogens is 152 g/mol. The van der Waals surface area contributed by atoms with E-state index >= 15 is 0 Å². The highest BCUT2D eigenvalue weighted by Crippen LogP contribution is 2.33. The minimum atomic E-state index is -0.184. The van der Waals surface area contributed by atoms with Gasteiger partial charge in [0.05, 0.1) is 6.10 Å². The Morgan fingerprint density at radius 3 is 2.58 bits per heavy atom. The van der Waals surface area contributed by atoms with E-state index in [2.05, 4.69) is 6.92 Å². The molecule has 1 fully saturated rings. The first-order valence-corrected chi connectivity index (χ1v) is 4.94. The molecule has 0 spiro atoms. The van der Waals surface area contributed by atoms with Crippen LogP contribution in [0.4, 0.5) is 0 Å². The van der Waals surface area contributed by atoms with E-state index in [0.29, 0.717) is 11.8 Å². The molecule has 0 amide bonds. The quantitative estimate of drug-likeness (QED) is 0.661. The van der Waals surface area contributed by atoms with Gasteiger partial charge in [-0.15, -0.1) is 0 Å². The Morgan fingerprint density at radius 1 is 1.42 bits per heavy atom. The predicted molar refractivity (Wildman–Crippen MR) is 48.8 cm³/mol. The molecule has 0 radical (unpaired) electrons. The summed E-state index contributed by atoms with van der Waals surface area (Å²) in [6.45, 7) is 4.41. The summed E-state index contributed by atoms with van der Waals surface area (Å²) in [5.74, 6) is 1.24. The lowest BCUT2D eigenvalue weighted by Gasteiger charge is -2.34. The normalized spacial score (nSPS) is 39.5. The van der Waals surface area contributed by atoms with Gasteiger partial charge in [0, 0.05) is 6.61 Å². The van der Waals surface area contributed by atoms with Crippen LogP contribution in [0, 0.1) is 17.8 Å². The molecular formula is C10H20O2. The van der Waals surface area contributed by atoms with E-state index < -0.39 is 0 Å². The zero-order valence-corrected chi connectivity index (χ0v) is 8.03. The molecule has 1 aliphatic carbocycles. The third kappa shape index (κ3) is 2.20. The van der Waals surface area contributed by atoms with Crippen LogP contribution in [-0.4, -0.2) is 22.9 Å². The maximum atomic E-state index is 9.73. The minimum absolute atomic E-state index is 0.184. The van der Waals surface area contributed by atoms with E-state index in [1.54, 1.807) is 0 Å². The van der Waals surface area contributed by atoms with E-state index in [0.717, 1.165) is 12.8 Å². The molecule has 1 saturated carbocycles. The van der Waals surface area contributed by atoms with Crippen molar-refractivity contribution in [2.75, 3.05) is 6.61 Å². The topological polar surface area (TPSA) is 40.5 Å². The molecule has 1 rings (SSSR count). The second-order valence-electron chi connectivity index (χ2n) is 4.31. The molecule has 0 aromatic carbocycles. The molecule has 0 aliphatic heterocycles. The van der Waals surface area contributed by atoms with Crippen molar-refractivity contribution in [2.45, 2.75) is 39.2 Å². The van der Waals surface area contributed by atoms with Crippen LogP contribution in [0.15, 0.2) is 0 Å². The van der Waals surface area contributed by atoms with Gasteiger partial charge in [0.15, 0.2) is 0 Å². The minimum Gasteiger partial charge on any atom is -0.396 e. The molecule has 0 saturated heterocycles. The third-order valence-electron chi connectivity index (χ3n) is 3.15. The first-order chi connectivity index (χ1) is 5.65. The smallest absolute Gasteiger partial charge is 0.0574 e. The van der Waals surface area contributed by atoms with Gasteiger partial charge in [-0.05, 0) is 30.6 Å². The van der Waals surface area contributed by atoms with E-state index in [9.17, 15) is 5.11 Å². The first-order valence-electron chi connectivity index (χ1n) is 4.94. The molecule has 72 valence electrons. The average Bonchev–Trinajstić information content (AvgIpc) is 2.03. The second kappa shape index (κ2) is 4.24. The Bertz CT molecular complexity index is 136. The Hall–Kier alpha value is -0.0800. The number of hydrogen-bond acceptors (Lipinski definition) is 2. The summed E-state index contributed by atoms with van der Waals surface area (Å²) in [6, 6.07) is 0. The lowest BCUT2D eigenvalue weighted by Crippen LogP contribution is -2.34. The van der Waals surface area contributed by atoms with E-state index in [1.807, 2.05) is 6.92 Å². The molecule has 2 heteroatoms. The molecule has 1 unspecified atom stereocenters. The lowest BCUT2D eigenvalue weighted by molar-refractivity contribution is 0.00804. The van der Waals surface area contributed by atoms with Gasteiger partial charge in [-0.2, -0.15) is 0 Å². The van der Waals surface area contributed by atoms with E-state index in [-0.39, 0.29) is 18.6 Å². The van der Waals surface area contributed by atoms with Crippen molar-refractivity contribution in [3.8, 4) is 0 Å². The van der Waals surface area contributed by atoms with Crippen molar-refractivity contribution in [1.82, 2.24) is 0 Å². The maximum Gasteiger partial charge on any atom is 0.0574 e.